The summed E-state index contributed by atoms with van der Waals surface area (Å²) in [5.41, 5.74) is 0.951. The molecule has 1 aromatic carbocycles. The minimum Gasteiger partial charge on any atom is -0.353 e. The molecule has 1 saturated heterocycles. The van der Waals surface area contributed by atoms with Crippen LogP contribution in [0.1, 0.15) is 31.7 Å². The van der Waals surface area contributed by atoms with Gasteiger partial charge in [0.1, 0.15) is 5.82 Å². The topological polar surface area (TPSA) is 41.1 Å². The fraction of sp³-hybridized carbons (Fsp3) is 0.562. The summed E-state index contributed by atoms with van der Waals surface area (Å²) in [6.45, 7) is 3.99. The zero-order chi connectivity index (χ0) is 14.4. The van der Waals surface area contributed by atoms with Gasteiger partial charge in [0.05, 0.1) is 0 Å². The van der Waals surface area contributed by atoms with Crippen LogP contribution < -0.4 is 10.6 Å². The highest BCUT2D eigenvalue weighted by Gasteiger charge is 2.17. The van der Waals surface area contributed by atoms with E-state index in [1.165, 1.54) is 6.07 Å². The number of benzene rings is 1. The molecule has 0 radical (unpaired) electrons. The number of amides is 1. The van der Waals surface area contributed by atoms with Crippen molar-refractivity contribution in [2.45, 2.75) is 38.6 Å². The summed E-state index contributed by atoms with van der Waals surface area (Å²) in [5.74, 6) is 0.119. The fourth-order valence-electron chi connectivity index (χ4n) is 2.71. The first-order chi connectivity index (χ1) is 9.63. The summed E-state index contributed by atoms with van der Waals surface area (Å²) in [5, 5.41) is 6.37. The second kappa shape index (κ2) is 7.39. The number of carbonyl (C=O) groups is 1. The van der Waals surface area contributed by atoms with Crippen molar-refractivity contribution < 1.29 is 9.18 Å². The Morgan fingerprint density at radius 3 is 2.90 bits per heavy atom. The molecule has 0 saturated carbocycles. The molecule has 2 N–H and O–H groups in total. The molecule has 0 aliphatic carbocycles. The zero-order valence-corrected chi connectivity index (χ0v) is 12.0. The van der Waals surface area contributed by atoms with Gasteiger partial charge >= 0.3 is 0 Å². The summed E-state index contributed by atoms with van der Waals surface area (Å²) in [4.78, 5) is 12.0. The number of rotatable bonds is 5. The van der Waals surface area contributed by atoms with Gasteiger partial charge in [-0.05, 0) is 56.0 Å². The first-order valence-electron chi connectivity index (χ1n) is 7.38. The largest absolute Gasteiger partial charge is 0.353 e. The third-order valence-electron chi connectivity index (χ3n) is 3.71. The Hall–Kier alpha value is -1.42. The highest BCUT2D eigenvalue weighted by molar-refractivity contribution is 5.76. The van der Waals surface area contributed by atoms with Crippen molar-refractivity contribution in [1.29, 1.82) is 0 Å². The van der Waals surface area contributed by atoms with Crippen LogP contribution in [0.4, 0.5) is 4.39 Å². The second-order valence-corrected chi connectivity index (χ2v) is 5.74. The van der Waals surface area contributed by atoms with Crippen molar-refractivity contribution in [1.82, 2.24) is 10.6 Å². The molecular formula is C16H23FN2O. The molecule has 1 unspecified atom stereocenters. The van der Waals surface area contributed by atoms with Crippen LogP contribution in [0.2, 0.25) is 0 Å². The monoisotopic (exact) mass is 278 g/mol. The van der Waals surface area contributed by atoms with Crippen LogP contribution in [-0.4, -0.2) is 25.0 Å². The smallest absolute Gasteiger partial charge is 0.220 e. The standard InChI is InChI=1S/C16H23FN2O/c1-12(9-13-3-2-4-14(17)11-13)10-16(20)19-15-5-7-18-8-6-15/h2-4,11-12,15,18H,5-10H2,1H3,(H,19,20). The van der Waals surface area contributed by atoms with Gasteiger partial charge in [-0.2, -0.15) is 0 Å². The van der Waals surface area contributed by atoms with Gasteiger partial charge in [0.2, 0.25) is 5.91 Å². The molecule has 1 aliphatic rings. The molecule has 1 amide bonds. The maximum Gasteiger partial charge on any atom is 0.220 e. The van der Waals surface area contributed by atoms with E-state index < -0.39 is 0 Å². The molecule has 1 fully saturated rings. The average molecular weight is 278 g/mol. The summed E-state index contributed by atoms with van der Waals surface area (Å²) >= 11 is 0. The predicted octanol–water partition coefficient (Wildman–Crippen LogP) is 2.26. The molecule has 1 aromatic rings. The van der Waals surface area contributed by atoms with Crippen LogP contribution in [-0.2, 0) is 11.2 Å². The van der Waals surface area contributed by atoms with Gasteiger partial charge in [0, 0.05) is 12.5 Å². The number of carbonyl (C=O) groups excluding carboxylic acids is 1. The summed E-state index contributed by atoms with van der Waals surface area (Å²) < 4.78 is 13.1. The van der Waals surface area contributed by atoms with Crippen molar-refractivity contribution in [3.05, 3.63) is 35.6 Å². The third-order valence-corrected chi connectivity index (χ3v) is 3.71. The van der Waals surface area contributed by atoms with Crippen molar-refractivity contribution in [2.24, 2.45) is 5.92 Å². The van der Waals surface area contributed by atoms with E-state index >= 15 is 0 Å². The molecule has 3 nitrogen and oxygen atoms in total. The Kier molecular flexibility index (Phi) is 5.53. The summed E-state index contributed by atoms with van der Waals surface area (Å²) in [6, 6.07) is 6.92. The number of nitrogens with one attached hydrogen (secondary N) is 2. The molecule has 2 rings (SSSR count). The van der Waals surface area contributed by atoms with E-state index in [4.69, 9.17) is 0 Å². The molecule has 0 aromatic heterocycles. The number of hydrogen-bond acceptors (Lipinski definition) is 2. The normalized spacial score (nSPS) is 17.7. The van der Waals surface area contributed by atoms with E-state index in [1.807, 2.05) is 13.0 Å². The van der Waals surface area contributed by atoms with Crippen LogP contribution in [0.5, 0.6) is 0 Å². The Morgan fingerprint density at radius 2 is 2.20 bits per heavy atom. The maximum atomic E-state index is 13.1. The van der Waals surface area contributed by atoms with Crippen molar-refractivity contribution in [2.75, 3.05) is 13.1 Å². The Morgan fingerprint density at radius 1 is 1.45 bits per heavy atom. The van der Waals surface area contributed by atoms with Crippen LogP contribution in [0.25, 0.3) is 0 Å². The lowest BCUT2D eigenvalue weighted by Gasteiger charge is -2.24. The molecule has 1 atom stereocenters. The molecule has 110 valence electrons. The SMILES string of the molecule is CC(CC(=O)NC1CCNCC1)Cc1cccc(F)c1. The van der Waals surface area contributed by atoms with Gasteiger partial charge < -0.3 is 10.6 Å². The Balaban J connectivity index is 1.75. The third kappa shape index (κ3) is 4.93. The maximum absolute atomic E-state index is 13.1. The van der Waals surface area contributed by atoms with E-state index in [0.29, 0.717) is 12.5 Å². The molecule has 0 spiro atoms. The highest BCUT2D eigenvalue weighted by Crippen LogP contribution is 2.13. The first-order valence-corrected chi connectivity index (χ1v) is 7.38. The van der Waals surface area contributed by atoms with Gasteiger partial charge in [-0.3, -0.25) is 4.79 Å². The van der Waals surface area contributed by atoms with Crippen molar-refractivity contribution >= 4 is 5.91 Å². The van der Waals surface area contributed by atoms with Crippen LogP contribution in [0, 0.1) is 11.7 Å². The van der Waals surface area contributed by atoms with Crippen LogP contribution >= 0.6 is 0 Å². The van der Waals surface area contributed by atoms with E-state index in [1.54, 1.807) is 12.1 Å². The average Bonchev–Trinajstić information content (AvgIpc) is 2.39. The molecule has 1 aliphatic heterocycles. The summed E-state index contributed by atoms with van der Waals surface area (Å²) in [6.07, 6.45) is 3.24. The molecule has 0 bridgehead atoms. The lowest BCUT2D eigenvalue weighted by atomic mass is 9.97. The van der Waals surface area contributed by atoms with Crippen molar-refractivity contribution in [3.63, 3.8) is 0 Å². The van der Waals surface area contributed by atoms with Crippen LogP contribution in [0.15, 0.2) is 24.3 Å². The lowest BCUT2D eigenvalue weighted by Crippen LogP contribution is -2.43. The zero-order valence-electron chi connectivity index (χ0n) is 12.0. The van der Waals surface area contributed by atoms with E-state index in [2.05, 4.69) is 10.6 Å². The minimum absolute atomic E-state index is 0.112. The number of hydrogen-bond donors (Lipinski definition) is 2. The second-order valence-electron chi connectivity index (χ2n) is 5.74. The summed E-state index contributed by atoms with van der Waals surface area (Å²) in [7, 11) is 0. The molecule has 20 heavy (non-hydrogen) atoms. The van der Waals surface area contributed by atoms with E-state index in [0.717, 1.165) is 37.9 Å². The van der Waals surface area contributed by atoms with Gasteiger partial charge in [-0.15, -0.1) is 0 Å². The number of piperidine rings is 1. The van der Waals surface area contributed by atoms with Gasteiger partial charge in [0.15, 0.2) is 0 Å². The van der Waals surface area contributed by atoms with Crippen molar-refractivity contribution in [3.8, 4) is 0 Å². The predicted molar refractivity (Wildman–Crippen MR) is 77.9 cm³/mol. The van der Waals surface area contributed by atoms with Crippen LogP contribution in [0.3, 0.4) is 0 Å². The van der Waals surface area contributed by atoms with Gasteiger partial charge in [0.25, 0.3) is 0 Å². The van der Waals surface area contributed by atoms with Gasteiger partial charge in [-0.25, -0.2) is 4.39 Å². The quantitative estimate of drug-likeness (QED) is 0.867. The Bertz CT molecular complexity index is 444. The molecular weight excluding hydrogens is 255 g/mol. The Labute approximate surface area is 120 Å². The number of halogens is 1. The van der Waals surface area contributed by atoms with Gasteiger partial charge in [-0.1, -0.05) is 19.1 Å². The fourth-order valence-corrected chi connectivity index (χ4v) is 2.71. The van der Waals surface area contributed by atoms with E-state index in [-0.39, 0.29) is 17.6 Å². The van der Waals surface area contributed by atoms with E-state index in [9.17, 15) is 9.18 Å². The first kappa shape index (κ1) is 15.0. The minimum atomic E-state index is -0.214. The molecule has 1 heterocycles. The highest BCUT2D eigenvalue weighted by atomic mass is 19.1. The molecule has 4 heteroatoms. The lowest BCUT2D eigenvalue weighted by molar-refractivity contribution is -0.122.